The molecule has 1 aromatic heterocycles. The first kappa shape index (κ1) is 12.7. The van der Waals surface area contributed by atoms with E-state index in [1.165, 1.54) is 0 Å². The van der Waals surface area contributed by atoms with E-state index in [1.807, 2.05) is 18.2 Å². The molecular weight excluding hydrogens is 222 g/mol. The lowest BCUT2D eigenvalue weighted by atomic mass is 10.2. The fraction of sp³-hybridized carbons (Fsp3) is 0.400. The van der Waals surface area contributed by atoms with Crippen LogP contribution in [0.3, 0.4) is 0 Å². The summed E-state index contributed by atoms with van der Waals surface area (Å²) in [6.07, 6.45) is 0. The summed E-state index contributed by atoms with van der Waals surface area (Å²) in [5.41, 5.74) is 7.56. The molecule has 0 aliphatic carbocycles. The Morgan fingerprint density at radius 2 is 2.00 bits per heavy atom. The van der Waals surface area contributed by atoms with Gasteiger partial charge < -0.3 is 10.6 Å². The fourth-order valence-electron chi connectivity index (χ4n) is 2.13. The van der Waals surface area contributed by atoms with Crippen LogP contribution in [0.25, 0.3) is 10.9 Å². The molecule has 0 aliphatic rings. The van der Waals surface area contributed by atoms with Crippen molar-refractivity contribution in [1.82, 2.24) is 4.98 Å². The zero-order valence-corrected chi connectivity index (χ0v) is 11.4. The van der Waals surface area contributed by atoms with Crippen LogP contribution in [0.5, 0.6) is 0 Å². The van der Waals surface area contributed by atoms with Crippen molar-refractivity contribution < 1.29 is 0 Å². The molecule has 0 bridgehead atoms. The van der Waals surface area contributed by atoms with Crippen LogP contribution in [0.1, 0.15) is 20.8 Å². The van der Waals surface area contributed by atoms with Crippen LogP contribution in [0.2, 0.25) is 0 Å². The molecule has 0 atom stereocenters. The van der Waals surface area contributed by atoms with E-state index in [0.29, 0.717) is 5.92 Å². The highest BCUT2D eigenvalue weighted by Crippen LogP contribution is 2.20. The molecule has 0 amide bonds. The first-order valence-corrected chi connectivity index (χ1v) is 6.51. The van der Waals surface area contributed by atoms with Crippen molar-refractivity contribution in [2.24, 2.45) is 5.92 Å². The number of rotatable bonds is 4. The number of anilines is 2. The molecule has 3 heteroatoms. The summed E-state index contributed by atoms with van der Waals surface area (Å²) >= 11 is 0. The Kier molecular flexibility index (Phi) is 3.70. The molecule has 1 heterocycles. The number of aromatic nitrogens is 1. The van der Waals surface area contributed by atoms with Gasteiger partial charge in [0.25, 0.3) is 0 Å². The monoisotopic (exact) mass is 243 g/mol. The van der Waals surface area contributed by atoms with Crippen molar-refractivity contribution in [2.45, 2.75) is 20.8 Å². The Morgan fingerprint density at radius 1 is 1.22 bits per heavy atom. The Balaban J connectivity index is 2.36. The van der Waals surface area contributed by atoms with Gasteiger partial charge in [-0.3, -0.25) is 0 Å². The maximum atomic E-state index is 5.78. The van der Waals surface area contributed by atoms with Crippen molar-refractivity contribution in [3.05, 3.63) is 30.3 Å². The lowest BCUT2D eigenvalue weighted by Crippen LogP contribution is -2.27. The van der Waals surface area contributed by atoms with Gasteiger partial charge in [-0.1, -0.05) is 13.8 Å². The van der Waals surface area contributed by atoms with Crippen LogP contribution in [-0.2, 0) is 0 Å². The normalized spacial score (nSPS) is 11.1. The second-order valence-corrected chi connectivity index (χ2v) is 5.05. The summed E-state index contributed by atoms with van der Waals surface area (Å²) in [4.78, 5) is 7.02. The van der Waals surface area contributed by atoms with Crippen LogP contribution >= 0.6 is 0 Å². The Hall–Kier alpha value is -1.77. The number of nitrogen functional groups attached to an aromatic ring is 1. The van der Waals surface area contributed by atoms with E-state index in [0.717, 1.165) is 35.5 Å². The van der Waals surface area contributed by atoms with Gasteiger partial charge in [0, 0.05) is 24.2 Å². The topological polar surface area (TPSA) is 42.1 Å². The van der Waals surface area contributed by atoms with Gasteiger partial charge >= 0.3 is 0 Å². The molecule has 2 N–H and O–H groups in total. The van der Waals surface area contributed by atoms with E-state index in [1.54, 1.807) is 0 Å². The number of hydrogen-bond donors (Lipinski definition) is 1. The molecule has 0 saturated heterocycles. The van der Waals surface area contributed by atoms with E-state index in [4.69, 9.17) is 10.7 Å². The SMILES string of the molecule is CCN(CC(C)C)c1ccc2cc(N)ccc2n1. The first-order chi connectivity index (χ1) is 8.60. The highest BCUT2D eigenvalue weighted by Gasteiger charge is 2.08. The second kappa shape index (κ2) is 5.25. The van der Waals surface area contributed by atoms with Crippen molar-refractivity contribution >= 4 is 22.4 Å². The third-order valence-electron chi connectivity index (χ3n) is 2.99. The van der Waals surface area contributed by atoms with E-state index in [2.05, 4.69) is 37.8 Å². The van der Waals surface area contributed by atoms with Crippen LogP contribution in [-0.4, -0.2) is 18.1 Å². The van der Waals surface area contributed by atoms with Crippen LogP contribution in [0.15, 0.2) is 30.3 Å². The van der Waals surface area contributed by atoms with Gasteiger partial charge in [-0.25, -0.2) is 4.98 Å². The predicted octanol–water partition coefficient (Wildman–Crippen LogP) is 3.30. The minimum atomic E-state index is 0.633. The molecule has 3 nitrogen and oxygen atoms in total. The third kappa shape index (κ3) is 2.73. The molecule has 96 valence electrons. The van der Waals surface area contributed by atoms with Gasteiger partial charge in [-0.15, -0.1) is 0 Å². The number of nitrogens with two attached hydrogens (primary N) is 1. The molecule has 2 aromatic rings. The molecule has 0 saturated carbocycles. The first-order valence-electron chi connectivity index (χ1n) is 6.51. The van der Waals surface area contributed by atoms with Crippen LogP contribution < -0.4 is 10.6 Å². The van der Waals surface area contributed by atoms with Gasteiger partial charge in [0.05, 0.1) is 5.52 Å². The minimum Gasteiger partial charge on any atom is -0.399 e. The Labute approximate surface area is 109 Å². The zero-order valence-electron chi connectivity index (χ0n) is 11.4. The third-order valence-corrected chi connectivity index (χ3v) is 2.99. The molecule has 0 unspecified atom stereocenters. The molecule has 0 fully saturated rings. The zero-order chi connectivity index (χ0) is 13.1. The largest absolute Gasteiger partial charge is 0.399 e. The number of benzene rings is 1. The molecule has 18 heavy (non-hydrogen) atoms. The van der Waals surface area contributed by atoms with E-state index < -0.39 is 0 Å². The quantitative estimate of drug-likeness (QED) is 0.838. The van der Waals surface area contributed by atoms with E-state index in [9.17, 15) is 0 Å². The number of pyridine rings is 1. The number of hydrogen-bond acceptors (Lipinski definition) is 3. The second-order valence-electron chi connectivity index (χ2n) is 5.05. The van der Waals surface area contributed by atoms with E-state index >= 15 is 0 Å². The van der Waals surface area contributed by atoms with Gasteiger partial charge in [0.2, 0.25) is 0 Å². The smallest absolute Gasteiger partial charge is 0.129 e. The molecule has 0 radical (unpaired) electrons. The minimum absolute atomic E-state index is 0.633. The van der Waals surface area contributed by atoms with Gasteiger partial charge in [-0.05, 0) is 43.2 Å². The van der Waals surface area contributed by atoms with Crippen molar-refractivity contribution in [3.63, 3.8) is 0 Å². The molecule has 1 aromatic carbocycles. The summed E-state index contributed by atoms with van der Waals surface area (Å²) in [6, 6.07) is 10.0. The molecule has 2 rings (SSSR count). The summed E-state index contributed by atoms with van der Waals surface area (Å²) in [5, 5.41) is 1.10. The fourth-order valence-corrected chi connectivity index (χ4v) is 2.13. The highest BCUT2D eigenvalue weighted by molar-refractivity contribution is 5.83. The predicted molar refractivity (Wildman–Crippen MR) is 78.9 cm³/mol. The average molecular weight is 243 g/mol. The Bertz CT molecular complexity index is 534. The van der Waals surface area contributed by atoms with Crippen molar-refractivity contribution in [2.75, 3.05) is 23.7 Å². The average Bonchev–Trinajstić information content (AvgIpc) is 2.35. The summed E-state index contributed by atoms with van der Waals surface area (Å²) in [5.74, 6) is 1.68. The van der Waals surface area contributed by atoms with Crippen LogP contribution in [0.4, 0.5) is 11.5 Å². The molecule has 0 aliphatic heterocycles. The Morgan fingerprint density at radius 3 is 2.67 bits per heavy atom. The summed E-state index contributed by atoms with van der Waals surface area (Å²) < 4.78 is 0. The van der Waals surface area contributed by atoms with Gasteiger partial charge in [0.1, 0.15) is 5.82 Å². The standard InChI is InChI=1S/C15H21N3/c1-4-18(10-11(2)3)15-8-5-12-9-13(16)6-7-14(12)17-15/h5-9,11H,4,10,16H2,1-3H3. The highest BCUT2D eigenvalue weighted by atomic mass is 15.2. The van der Waals surface area contributed by atoms with Gasteiger partial charge in [-0.2, -0.15) is 0 Å². The van der Waals surface area contributed by atoms with E-state index in [-0.39, 0.29) is 0 Å². The lowest BCUT2D eigenvalue weighted by molar-refractivity contribution is 0.615. The summed E-state index contributed by atoms with van der Waals surface area (Å²) in [7, 11) is 0. The maximum Gasteiger partial charge on any atom is 0.129 e. The molecule has 0 spiro atoms. The molecular formula is C15H21N3. The number of fused-ring (bicyclic) bond motifs is 1. The van der Waals surface area contributed by atoms with Crippen molar-refractivity contribution in [1.29, 1.82) is 0 Å². The number of nitrogens with zero attached hydrogens (tertiary/aromatic N) is 2. The van der Waals surface area contributed by atoms with Crippen LogP contribution in [0, 0.1) is 5.92 Å². The van der Waals surface area contributed by atoms with Gasteiger partial charge in [0.15, 0.2) is 0 Å². The van der Waals surface area contributed by atoms with Crippen molar-refractivity contribution in [3.8, 4) is 0 Å². The maximum absolute atomic E-state index is 5.78. The summed E-state index contributed by atoms with van der Waals surface area (Å²) in [6.45, 7) is 8.63. The lowest BCUT2D eigenvalue weighted by Gasteiger charge is -2.24.